The summed E-state index contributed by atoms with van der Waals surface area (Å²) in [7, 11) is 0. The van der Waals surface area contributed by atoms with Crippen LogP contribution in [0.1, 0.15) is 48.0 Å². The largest absolute Gasteiger partial charge is 0.378 e. The maximum absolute atomic E-state index is 12.6. The molecule has 0 atom stereocenters. The molecule has 1 aromatic carbocycles. The zero-order valence-electron chi connectivity index (χ0n) is 17.0. The zero-order valence-corrected chi connectivity index (χ0v) is 18.6. The van der Waals surface area contributed by atoms with Crippen molar-refractivity contribution in [1.82, 2.24) is 15.3 Å². The molecular formula is C22H27ClN4O2S. The number of nitrogens with zero attached hydrogens (tertiary/aromatic N) is 3. The van der Waals surface area contributed by atoms with Crippen LogP contribution >= 0.6 is 23.4 Å². The summed E-state index contributed by atoms with van der Waals surface area (Å²) in [5, 5.41) is 4.26. The molecule has 0 unspecified atom stereocenters. The van der Waals surface area contributed by atoms with Crippen LogP contribution in [0.25, 0.3) is 0 Å². The first kappa shape index (κ1) is 21.4. The molecule has 1 aliphatic heterocycles. The summed E-state index contributed by atoms with van der Waals surface area (Å²) in [6.45, 7) is 2.99. The minimum Gasteiger partial charge on any atom is -0.378 e. The van der Waals surface area contributed by atoms with E-state index in [1.807, 2.05) is 24.3 Å². The standard InChI is InChI=1S/C22H27ClN4O2S/c23-19-14-20(27-9-11-29-12-10-27)26-22(25-19)30-15-16-5-4-6-17(13-16)21(28)24-18-7-2-1-3-8-18/h4-6,13-14,18H,1-3,7-12,15H2,(H,24,28). The summed E-state index contributed by atoms with van der Waals surface area (Å²) in [6, 6.07) is 9.90. The monoisotopic (exact) mass is 446 g/mol. The Hall–Kier alpha value is -1.83. The van der Waals surface area contributed by atoms with Crippen molar-refractivity contribution < 1.29 is 9.53 Å². The van der Waals surface area contributed by atoms with Crippen molar-refractivity contribution in [3.63, 3.8) is 0 Å². The molecule has 6 nitrogen and oxygen atoms in total. The summed E-state index contributed by atoms with van der Waals surface area (Å²) in [5.41, 5.74) is 1.77. The summed E-state index contributed by atoms with van der Waals surface area (Å²) < 4.78 is 5.41. The molecule has 160 valence electrons. The van der Waals surface area contributed by atoms with E-state index in [1.165, 1.54) is 31.0 Å². The van der Waals surface area contributed by atoms with Crippen LogP contribution in [0.15, 0.2) is 35.5 Å². The second-order valence-electron chi connectivity index (χ2n) is 7.73. The van der Waals surface area contributed by atoms with Crippen LogP contribution in [0.4, 0.5) is 5.82 Å². The lowest BCUT2D eigenvalue weighted by Gasteiger charge is -2.27. The number of amides is 1. The number of hydrogen-bond donors (Lipinski definition) is 1. The van der Waals surface area contributed by atoms with E-state index >= 15 is 0 Å². The van der Waals surface area contributed by atoms with Crippen molar-refractivity contribution in [2.45, 2.75) is 49.1 Å². The number of hydrogen-bond acceptors (Lipinski definition) is 6. The number of aromatic nitrogens is 2. The molecule has 2 heterocycles. The Morgan fingerprint density at radius 3 is 2.77 bits per heavy atom. The molecule has 1 saturated heterocycles. The first-order valence-electron chi connectivity index (χ1n) is 10.6. The van der Waals surface area contributed by atoms with Crippen LogP contribution in [0, 0.1) is 0 Å². The highest BCUT2D eigenvalue weighted by molar-refractivity contribution is 7.98. The van der Waals surface area contributed by atoms with Gasteiger partial charge in [-0.05, 0) is 30.5 Å². The molecule has 0 radical (unpaired) electrons. The Labute approximate surface area is 186 Å². The van der Waals surface area contributed by atoms with E-state index in [9.17, 15) is 4.79 Å². The number of morpholine rings is 1. The minimum atomic E-state index is 0.0161. The number of benzene rings is 1. The van der Waals surface area contributed by atoms with E-state index in [-0.39, 0.29) is 5.91 Å². The van der Waals surface area contributed by atoms with Gasteiger partial charge in [0.15, 0.2) is 5.16 Å². The fourth-order valence-corrected chi connectivity index (χ4v) is 4.89. The second kappa shape index (κ2) is 10.5. The number of ether oxygens (including phenoxy) is 1. The molecule has 0 spiro atoms. The van der Waals surface area contributed by atoms with Gasteiger partial charge in [0.05, 0.1) is 13.2 Å². The molecule has 1 aromatic heterocycles. The fraction of sp³-hybridized carbons (Fsp3) is 0.500. The lowest BCUT2D eigenvalue weighted by molar-refractivity contribution is 0.0927. The molecule has 1 N–H and O–H groups in total. The molecule has 4 rings (SSSR count). The van der Waals surface area contributed by atoms with Crippen molar-refractivity contribution in [1.29, 1.82) is 0 Å². The Morgan fingerprint density at radius 2 is 1.97 bits per heavy atom. The normalized spacial score (nSPS) is 17.7. The van der Waals surface area contributed by atoms with Gasteiger partial charge in [0.2, 0.25) is 0 Å². The van der Waals surface area contributed by atoms with Crippen molar-refractivity contribution >= 4 is 35.1 Å². The predicted molar refractivity (Wildman–Crippen MR) is 120 cm³/mol. The van der Waals surface area contributed by atoms with Crippen molar-refractivity contribution in [2.24, 2.45) is 0 Å². The molecule has 8 heteroatoms. The number of halogens is 1. The van der Waals surface area contributed by atoms with Crippen molar-refractivity contribution in [3.8, 4) is 0 Å². The van der Waals surface area contributed by atoms with Gasteiger partial charge in [-0.2, -0.15) is 0 Å². The van der Waals surface area contributed by atoms with Crippen LogP contribution in [0.5, 0.6) is 0 Å². The van der Waals surface area contributed by atoms with Crippen LogP contribution in [0.2, 0.25) is 5.15 Å². The van der Waals surface area contributed by atoms with E-state index < -0.39 is 0 Å². The van der Waals surface area contributed by atoms with E-state index in [4.69, 9.17) is 16.3 Å². The Balaban J connectivity index is 1.38. The highest BCUT2D eigenvalue weighted by atomic mass is 35.5. The van der Waals surface area contributed by atoms with Gasteiger partial charge >= 0.3 is 0 Å². The number of carbonyl (C=O) groups is 1. The third-order valence-corrected chi connectivity index (χ3v) is 6.61. The SMILES string of the molecule is O=C(NC1CCCCC1)c1cccc(CSc2nc(Cl)cc(N3CCOCC3)n2)c1. The molecule has 1 amide bonds. The van der Waals surface area contributed by atoms with Crippen LogP contribution < -0.4 is 10.2 Å². The summed E-state index contributed by atoms with van der Waals surface area (Å²) >= 11 is 7.76. The molecule has 1 aliphatic carbocycles. The summed E-state index contributed by atoms with van der Waals surface area (Å²) in [4.78, 5) is 23.8. The summed E-state index contributed by atoms with van der Waals surface area (Å²) in [6.07, 6.45) is 5.84. The number of nitrogens with one attached hydrogen (secondary N) is 1. The fourth-order valence-electron chi connectivity index (χ4n) is 3.87. The Kier molecular flexibility index (Phi) is 7.47. The van der Waals surface area contributed by atoms with Crippen molar-refractivity contribution in [3.05, 3.63) is 46.6 Å². The third-order valence-electron chi connectivity index (χ3n) is 5.49. The minimum absolute atomic E-state index is 0.0161. The molecule has 30 heavy (non-hydrogen) atoms. The summed E-state index contributed by atoms with van der Waals surface area (Å²) in [5.74, 6) is 1.52. The quantitative estimate of drug-likeness (QED) is 0.405. The van der Waals surface area contributed by atoms with Gasteiger partial charge in [0, 0.05) is 36.5 Å². The van der Waals surface area contributed by atoms with Gasteiger partial charge in [-0.3, -0.25) is 4.79 Å². The number of thioether (sulfide) groups is 1. The first-order valence-corrected chi connectivity index (χ1v) is 11.9. The smallest absolute Gasteiger partial charge is 0.251 e. The highest BCUT2D eigenvalue weighted by Gasteiger charge is 2.17. The zero-order chi connectivity index (χ0) is 20.8. The molecular weight excluding hydrogens is 420 g/mol. The molecule has 0 bridgehead atoms. The number of anilines is 1. The predicted octanol–water partition coefficient (Wildman–Crippen LogP) is 4.32. The Morgan fingerprint density at radius 1 is 1.17 bits per heavy atom. The van der Waals surface area contributed by atoms with Crippen LogP contribution in [0.3, 0.4) is 0 Å². The molecule has 2 fully saturated rings. The van der Waals surface area contributed by atoms with Crippen molar-refractivity contribution in [2.75, 3.05) is 31.2 Å². The molecule has 2 aromatic rings. The van der Waals surface area contributed by atoms with E-state index in [1.54, 1.807) is 6.07 Å². The lowest BCUT2D eigenvalue weighted by Crippen LogP contribution is -2.36. The average Bonchev–Trinajstić information content (AvgIpc) is 2.79. The lowest BCUT2D eigenvalue weighted by atomic mass is 9.95. The maximum Gasteiger partial charge on any atom is 0.251 e. The topological polar surface area (TPSA) is 67.4 Å². The average molecular weight is 447 g/mol. The van der Waals surface area contributed by atoms with Gasteiger partial charge in [-0.25, -0.2) is 9.97 Å². The number of rotatable bonds is 6. The van der Waals surface area contributed by atoms with Gasteiger partial charge in [0.1, 0.15) is 11.0 Å². The molecule has 1 saturated carbocycles. The van der Waals surface area contributed by atoms with Crippen LogP contribution in [-0.4, -0.2) is 48.2 Å². The van der Waals surface area contributed by atoms with Gasteiger partial charge in [-0.15, -0.1) is 0 Å². The van der Waals surface area contributed by atoms with Gasteiger partial charge < -0.3 is 15.0 Å². The number of carbonyl (C=O) groups excluding carboxylic acids is 1. The van der Waals surface area contributed by atoms with Gasteiger partial charge in [-0.1, -0.05) is 54.8 Å². The molecule has 2 aliphatic rings. The van der Waals surface area contributed by atoms with E-state index in [0.717, 1.165) is 37.3 Å². The third kappa shape index (κ3) is 5.86. The second-order valence-corrected chi connectivity index (χ2v) is 9.06. The Bertz CT molecular complexity index is 870. The maximum atomic E-state index is 12.6. The van der Waals surface area contributed by atoms with Gasteiger partial charge in [0.25, 0.3) is 5.91 Å². The first-order chi connectivity index (χ1) is 14.7. The van der Waals surface area contributed by atoms with E-state index in [2.05, 4.69) is 20.2 Å². The van der Waals surface area contributed by atoms with E-state index in [0.29, 0.717) is 40.9 Å². The highest BCUT2D eigenvalue weighted by Crippen LogP contribution is 2.25. The van der Waals surface area contributed by atoms with Crippen LogP contribution in [-0.2, 0) is 10.5 Å².